The number of nitrogens with zero attached hydrogens (tertiary/aromatic N) is 2. The Morgan fingerprint density at radius 2 is 1.52 bits per heavy atom. The van der Waals surface area contributed by atoms with Gasteiger partial charge in [0.2, 0.25) is 0 Å². The number of hydrogen-bond donors (Lipinski definition) is 1. The Labute approximate surface area is 240 Å². The van der Waals surface area contributed by atoms with E-state index in [0.717, 1.165) is 11.1 Å². The van der Waals surface area contributed by atoms with Gasteiger partial charge in [-0.25, -0.2) is 0 Å². The summed E-state index contributed by atoms with van der Waals surface area (Å²) in [6.45, 7) is 0.488. The standard InChI is InChI=1S/C30H21Cl2N3O5/c31-24-6-5-22(29(32)16-24)19-40-28-13-7-25(8-14-28)34-30(36)23(17-33)15-20-3-11-27(12-4-20)39-18-21-1-9-26(10-2-21)35(37)38/h1-16H,18-19H2,(H,34,36)/b23-15+. The molecule has 0 atom stereocenters. The highest BCUT2D eigenvalue weighted by atomic mass is 35.5. The van der Waals surface area contributed by atoms with Gasteiger partial charge in [-0.15, -0.1) is 0 Å². The summed E-state index contributed by atoms with van der Waals surface area (Å²) in [6.07, 6.45) is 1.47. The molecule has 4 rings (SSSR count). The second-order valence-electron chi connectivity index (χ2n) is 8.45. The highest BCUT2D eigenvalue weighted by Crippen LogP contribution is 2.24. The van der Waals surface area contributed by atoms with Crippen molar-refractivity contribution in [3.05, 3.63) is 133 Å². The molecule has 4 aromatic rings. The van der Waals surface area contributed by atoms with Gasteiger partial charge in [0, 0.05) is 33.4 Å². The topological polar surface area (TPSA) is 114 Å². The first-order valence-corrected chi connectivity index (χ1v) is 12.6. The lowest BCUT2D eigenvalue weighted by atomic mass is 10.1. The lowest BCUT2D eigenvalue weighted by molar-refractivity contribution is -0.384. The van der Waals surface area contributed by atoms with E-state index in [1.54, 1.807) is 78.9 Å². The van der Waals surface area contributed by atoms with E-state index in [2.05, 4.69) is 5.32 Å². The predicted molar refractivity (Wildman–Crippen MR) is 153 cm³/mol. The number of non-ortho nitro benzene ring substituents is 1. The maximum absolute atomic E-state index is 12.7. The molecule has 0 spiro atoms. The van der Waals surface area contributed by atoms with Crippen molar-refractivity contribution >= 4 is 46.6 Å². The SMILES string of the molecule is N#C/C(=C\c1ccc(OCc2ccc([N+](=O)[O-])cc2)cc1)C(=O)Nc1ccc(OCc2ccc(Cl)cc2Cl)cc1. The molecule has 0 radical (unpaired) electrons. The van der Waals surface area contributed by atoms with Crippen molar-refractivity contribution in [3.8, 4) is 17.6 Å². The number of anilines is 1. The Balaban J connectivity index is 1.31. The van der Waals surface area contributed by atoms with E-state index in [1.165, 1.54) is 18.2 Å². The van der Waals surface area contributed by atoms with Crippen molar-refractivity contribution in [1.82, 2.24) is 0 Å². The van der Waals surface area contributed by atoms with Gasteiger partial charge in [-0.1, -0.05) is 41.4 Å². The van der Waals surface area contributed by atoms with E-state index in [1.807, 2.05) is 6.07 Å². The summed E-state index contributed by atoms with van der Waals surface area (Å²) in [4.78, 5) is 23.0. The molecule has 10 heteroatoms. The minimum absolute atomic E-state index is 0.0132. The molecule has 1 amide bonds. The number of nitrogens with one attached hydrogen (secondary N) is 1. The summed E-state index contributed by atoms with van der Waals surface area (Å²) in [5.41, 5.74) is 2.65. The Morgan fingerprint density at radius 3 is 2.12 bits per heavy atom. The average molecular weight is 574 g/mol. The molecule has 0 aliphatic rings. The fourth-order valence-electron chi connectivity index (χ4n) is 3.49. The summed E-state index contributed by atoms with van der Waals surface area (Å²) < 4.78 is 11.5. The van der Waals surface area contributed by atoms with Crippen LogP contribution in [-0.2, 0) is 18.0 Å². The van der Waals surface area contributed by atoms with E-state index in [-0.39, 0.29) is 24.5 Å². The van der Waals surface area contributed by atoms with Crippen LogP contribution in [0.25, 0.3) is 6.08 Å². The first-order valence-electron chi connectivity index (χ1n) is 11.9. The third-order valence-electron chi connectivity index (χ3n) is 5.63. The van der Waals surface area contributed by atoms with Crippen LogP contribution in [0.1, 0.15) is 16.7 Å². The van der Waals surface area contributed by atoms with Crippen molar-refractivity contribution < 1.29 is 19.2 Å². The maximum Gasteiger partial charge on any atom is 0.269 e. The van der Waals surface area contributed by atoms with E-state index in [4.69, 9.17) is 32.7 Å². The van der Waals surface area contributed by atoms with Gasteiger partial charge in [-0.3, -0.25) is 14.9 Å². The lowest BCUT2D eigenvalue weighted by Crippen LogP contribution is -2.13. The van der Waals surface area contributed by atoms with Crippen molar-refractivity contribution in [2.24, 2.45) is 0 Å². The monoisotopic (exact) mass is 573 g/mol. The number of hydrogen-bond acceptors (Lipinski definition) is 6. The minimum Gasteiger partial charge on any atom is -0.489 e. The van der Waals surface area contributed by atoms with Gasteiger partial charge >= 0.3 is 0 Å². The number of benzene rings is 4. The molecule has 4 aromatic carbocycles. The molecule has 0 aliphatic carbocycles. The van der Waals surface area contributed by atoms with Crippen LogP contribution in [0.5, 0.6) is 11.5 Å². The summed E-state index contributed by atoms with van der Waals surface area (Å²) in [6, 6.07) is 26.8. The number of rotatable bonds is 10. The van der Waals surface area contributed by atoms with E-state index < -0.39 is 10.8 Å². The molecule has 0 fully saturated rings. The largest absolute Gasteiger partial charge is 0.489 e. The number of nitriles is 1. The number of carbonyl (C=O) groups excluding carboxylic acids is 1. The molecule has 0 saturated carbocycles. The number of amides is 1. The molecule has 40 heavy (non-hydrogen) atoms. The van der Waals surface area contributed by atoms with Crippen LogP contribution in [0.15, 0.2) is 96.6 Å². The van der Waals surface area contributed by atoms with Crippen LogP contribution >= 0.6 is 23.2 Å². The zero-order chi connectivity index (χ0) is 28.5. The number of nitro benzene ring substituents is 1. The third-order valence-corrected chi connectivity index (χ3v) is 6.22. The van der Waals surface area contributed by atoms with Crippen molar-refractivity contribution in [2.45, 2.75) is 13.2 Å². The number of nitro groups is 1. The number of halogens is 2. The Morgan fingerprint density at radius 1 is 0.900 bits per heavy atom. The van der Waals surface area contributed by atoms with Gasteiger partial charge in [0.25, 0.3) is 11.6 Å². The zero-order valence-corrected chi connectivity index (χ0v) is 22.4. The summed E-state index contributed by atoms with van der Waals surface area (Å²) >= 11 is 12.1. The molecule has 1 N–H and O–H groups in total. The van der Waals surface area contributed by atoms with E-state index >= 15 is 0 Å². The summed E-state index contributed by atoms with van der Waals surface area (Å²) in [5, 5.41) is 24.0. The first kappa shape index (κ1) is 28.2. The smallest absolute Gasteiger partial charge is 0.269 e. The van der Waals surface area contributed by atoms with Crippen LogP contribution in [-0.4, -0.2) is 10.8 Å². The first-order chi connectivity index (χ1) is 19.3. The molecular weight excluding hydrogens is 553 g/mol. The van der Waals surface area contributed by atoms with Crippen LogP contribution in [0.4, 0.5) is 11.4 Å². The second-order valence-corrected chi connectivity index (χ2v) is 9.30. The lowest BCUT2D eigenvalue weighted by Gasteiger charge is -2.10. The van der Waals surface area contributed by atoms with E-state index in [9.17, 15) is 20.2 Å². The van der Waals surface area contributed by atoms with Gasteiger partial charge < -0.3 is 14.8 Å². The molecule has 0 unspecified atom stereocenters. The van der Waals surface area contributed by atoms with Crippen LogP contribution < -0.4 is 14.8 Å². The number of ether oxygens (including phenoxy) is 2. The highest BCUT2D eigenvalue weighted by Gasteiger charge is 2.11. The molecule has 0 aromatic heterocycles. The third kappa shape index (κ3) is 7.84. The Kier molecular flexibility index (Phi) is 9.36. The summed E-state index contributed by atoms with van der Waals surface area (Å²) in [7, 11) is 0. The molecule has 0 saturated heterocycles. The van der Waals surface area contributed by atoms with Gasteiger partial charge in [0.1, 0.15) is 36.4 Å². The van der Waals surface area contributed by atoms with Crippen molar-refractivity contribution in [2.75, 3.05) is 5.32 Å². The highest BCUT2D eigenvalue weighted by molar-refractivity contribution is 6.35. The van der Waals surface area contributed by atoms with Gasteiger partial charge in [-0.2, -0.15) is 5.26 Å². The number of carbonyl (C=O) groups is 1. The molecule has 8 nitrogen and oxygen atoms in total. The van der Waals surface area contributed by atoms with Crippen LogP contribution in [0, 0.1) is 21.4 Å². The molecule has 0 bridgehead atoms. The zero-order valence-electron chi connectivity index (χ0n) is 20.8. The molecular formula is C30H21Cl2N3O5. The fraction of sp³-hybridized carbons (Fsp3) is 0.0667. The molecule has 200 valence electrons. The quantitative estimate of drug-likeness (QED) is 0.0903. The fourth-order valence-corrected chi connectivity index (χ4v) is 3.95. The predicted octanol–water partition coefficient (Wildman–Crippen LogP) is 7.61. The normalized spacial score (nSPS) is 10.9. The van der Waals surface area contributed by atoms with Gasteiger partial charge in [-0.05, 0) is 77.9 Å². The van der Waals surface area contributed by atoms with E-state index in [0.29, 0.717) is 32.8 Å². The van der Waals surface area contributed by atoms with Crippen molar-refractivity contribution in [3.63, 3.8) is 0 Å². The van der Waals surface area contributed by atoms with Gasteiger partial charge in [0.15, 0.2) is 0 Å². The summed E-state index contributed by atoms with van der Waals surface area (Å²) in [5.74, 6) is 0.595. The van der Waals surface area contributed by atoms with Crippen LogP contribution in [0.2, 0.25) is 10.0 Å². The minimum atomic E-state index is -0.553. The Bertz CT molecular complexity index is 1580. The Hall–Kier alpha value is -4.84. The average Bonchev–Trinajstić information content (AvgIpc) is 2.96. The van der Waals surface area contributed by atoms with Crippen molar-refractivity contribution in [1.29, 1.82) is 5.26 Å². The molecule has 0 aliphatic heterocycles. The molecule has 0 heterocycles. The van der Waals surface area contributed by atoms with Gasteiger partial charge in [0.05, 0.1) is 4.92 Å². The second kappa shape index (κ2) is 13.3. The maximum atomic E-state index is 12.7. The van der Waals surface area contributed by atoms with Crippen LogP contribution in [0.3, 0.4) is 0 Å².